The molecule has 0 fully saturated rings. The molecule has 1 N–H and O–H groups in total. The lowest BCUT2D eigenvalue weighted by molar-refractivity contribution is 0.417. The van der Waals surface area contributed by atoms with Gasteiger partial charge in [-0.1, -0.05) is 39.0 Å². The van der Waals surface area contributed by atoms with E-state index >= 15 is 0 Å². The van der Waals surface area contributed by atoms with Crippen molar-refractivity contribution in [3.05, 3.63) is 34.9 Å². The molecule has 1 aromatic rings. The number of hydrogen-bond donors (Lipinski definition) is 1. The van der Waals surface area contributed by atoms with E-state index < -0.39 is 0 Å². The Morgan fingerprint density at radius 1 is 1.31 bits per heavy atom. The van der Waals surface area contributed by atoms with Crippen LogP contribution in [0.4, 0.5) is 0 Å². The Morgan fingerprint density at radius 2 is 2.12 bits per heavy atom. The fraction of sp³-hybridized carbons (Fsp3) is 0.600. The minimum absolute atomic E-state index is 0.585. The number of rotatable bonds is 4. The van der Waals surface area contributed by atoms with Crippen molar-refractivity contribution in [3.8, 4) is 0 Å². The highest BCUT2D eigenvalue weighted by molar-refractivity contribution is 5.41. The maximum Gasteiger partial charge on any atom is 0.0352 e. The molecule has 2 unspecified atom stereocenters. The van der Waals surface area contributed by atoms with Gasteiger partial charge in [-0.3, -0.25) is 0 Å². The SMILES string of the molecule is CCCNC1c2cccc(CC)c2CC1C. The molecule has 1 aliphatic rings. The fourth-order valence-electron chi connectivity index (χ4n) is 2.88. The van der Waals surface area contributed by atoms with E-state index in [0.29, 0.717) is 6.04 Å². The van der Waals surface area contributed by atoms with Crippen LogP contribution >= 0.6 is 0 Å². The summed E-state index contributed by atoms with van der Waals surface area (Å²) in [6.45, 7) is 7.99. The molecule has 0 amide bonds. The molecule has 1 nitrogen and oxygen atoms in total. The Balaban J connectivity index is 2.27. The second kappa shape index (κ2) is 5.01. The first-order valence-electron chi connectivity index (χ1n) is 6.62. The van der Waals surface area contributed by atoms with E-state index in [4.69, 9.17) is 0 Å². The maximum atomic E-state index is 3.69. The predicted octanol–water partition coefficient (Wildman–Crippen LogP) is 3.48. The summed E-state index contributed by atoms with van der Waals surface area (Å²) in [5, 5.41) is 3.69. The van der Waals surface area contributed by atoms with E-state index in [9.17, 15) is 0 Å². The van der Waals surface area contributed by atoms with Gasteiger partial charge in [-0.2, -0.15) is 0 Å². The second-order valence-electron chi connectivity index (χ2n) is 4.95. The summed E-state index contributed by atoms with van der Waals surface area (Å²) in [4.78, 5) is 0. The molecule has 0 spiro atoms. The molecule has 1 aromatic carbocycles. The lowest BCUT2D eigenvalue weighted by Crippen LogP contribution is -2.24. The Morgan fingerprint density at radius 3 is 2.81 bits per heavy atom. The van der Waals surface area contributed by atoms with Crippen molar-refractivity contribution in [1.82, 2.24) is 5.32 Å². The van der Waals surface area contributed by atoms with Gasteiger partial charge in [-0.05, 0) is 48.4 Å². The molecule has 2 atom stereocenters. The van der Waals surface area contributed by atoms with Gasteiger partial charge in [0, 0.05) is 6.04 Å². The normalized spacial score (nSPS) is 23.4. The van der Waals surface area contributed by atoms with Gasteiger partial charge >= 0.3 is 0 Å². The molecule has 0 saturated carbocycles. The molecule has 1 heteroatoms. The molecule has 0 bridgehead atoms. The summed E-state index contributed by atoms with van der Waals surface area (Å²) in [6.07, 6.45) is 3.63. The van der Waals surface area contributed by atoms with Gasteiger partial charge in [0.25, 0.3) is 0 Å². The van der Waals surface area contributed by atoms with Gasteiger partial charge in [0.05, 0.1) is 0 Å². The molecule has 0 saturated heterocycles. The minimum atomic E-state index is 0.585. The standard InChI is InChI=1S/C15H23N/c1-4-9-16-15-11(3)10-14-12(5-2)7-6-8-13(14)15/h6-8,11,15-16H,4-5,9-10H2,1-3H3. The Hall–Kier alpha value is -0.820. The van der Waals surface area contributed by atoms with Crippen LogP contribution in [0, 0.1) is 5.92 Å². The van der Waals surface area contributed by atoms with Gasteiger partial charge in [0.15, 0.2) is 0 Å². The first kappa shape index (κ1) is 11.7. The molecule has 16 heavy (non-hydrogen) atoms. The quantitative estimate of drug-likeness (QED) is 0.814. The molecule has 1 aliphatic carbocycles. The van der Waals surface area contributed by atoms with Crippen LogP contribution in [0.2, 0.25) is 0 Å². The highest BCUT2D eigenvalue weighted by Crippen LogP contribution is 2.37. The van der Waals surface area contributed by atoms with Crippen molar-refractivity contribution >= 4 is 0 Å². The number of aryl methyl sites for hydroxylation is 1. The number of hydrogen-bond acceptors (Lipinski definition) is 1. The highest BCUT2D eigenvalue weighted by atomic mass is 14.9. The fourth-order valence-corrected chi connectivity index (χ4v) is 2.88. The molecule has 0 aromatic heterocycles. The zero-order chi connectivity index (χ0) is 11.5. The van der Waals surface area contributed by atoms with Crippen LogP contribution in [0.3, 0.4) is 0 Å². The van der Waals surface area contributed by atoms with Crippen LogP contribution < -0.4 is 5.32 Å². The first-order chi connectivity index (χ1) is 7.77. The molecular formula is C15H23N. The van der Waals surface area contributed by atoms with E-state index in [0.717, 1.165) is 18.9 Å². The topological polar surface area (TPSA) is 12.0 Å². The maximum absolute atomic E-state index is 3.69. The summed E-state index contributed by atoms with van der Waals surface area (Å²) >= 11 is 0. The average molecular weight is 217 g/mol. The van der Waals surface area contributed by atoms with Crippen LogP contribution in [0.15, 0.2) is 18.2 Å². The Bertz CT molecular complexity index is 356. The molecule has 0 heterocycles. The first-order valence-corrected chi connectivity index (χ1v) is 6.62. The van der Waals surface area contributed by atoms with E-state index in [2.05, 4.69) is 44.3 Å². The number of fused-ring (bicyclic) bond motifs is 1. The lowest BCUT2D eigenvalue weighted by atomic mass is 10.0. The third kappa shape index (κ3) is 2.01. The Kier molecular flexibility index (Phi) is 3.65. The number of nitrogens with one attached hydrogen (secondary N) is 1. The second-order valence-corrected chi connectivity index (χ2v) is 4.95. The van der Waals surface area contributed by atoms with Gasteiger partial charge in [-0.25, -0.2) is 0 Å². The average Bonchev–Trinajstić information content (AvgIpc) is 2.62. The van der Waals surface area contributed by atoms with E-state index in [1.165, 1.54) is 12.8 Å². The summed E-state index contributed by atoms with van der Waals surface area (Å²) in [6, 6.07) is 7.40. The van der Waals surface area contributed by atoms with Gasteiger partial charge in [0.2, 0.25) is 0 Å². The van der Waals surface area contributed by atoms with Crippen LogP contribution in [-0.2, 0) is 12.8 Å². The minimum Gasteiger partial charge on any atom is -0.310 e. The van der Waals surface area contributed by atoms with Crippen molar-refractivity contribution in [3.63, 3.8) is 0 Å². The van der Waals surface area contributed by atoms with Crippen molar-refractivity contribution < 1.29 is 0 Å². The van der Waals surface area contributed by atoms with Crippen LogP contribution in [0.5, 0.6) is 0 Å². The van der Waals surface area contributed by atoms with E-state index in [1.807, 2.05) is 0 Å². The van der Waals surface area contributed by atoms with Crippen molar-refractivity contribution in [1.29, 1.82) is 0 Å². The van der Waals surface area contributed by atoms with Crippen LogP contribution in [-0.4, -0.2) is 6.54 Å². The van der Waals surface area contributed by atoms with Crippen molar-refractivity contribution in [2.45, 2.75) is 46.1 Å². The summed E-state index contributed by atoms with van der Waals surface area (Å²) in [5.41, 5.74) is 4.72. The van der Waals surface area contributed by atoms with Crippen molar-refractivity contribution in [2.75, 3.05) is 6.54 Å². The van der Waals surface area contributed by atoms with Gasteiger partial charge in [-0.15, -0.1) is 0 Å². The molecular weight excluding hydrogens is 194 g/mol. The molecule has 88 valence electrons. The number of benzene rings is 1. The highest BCUT2D eigenvalue weighted by Gasteiger charge is 2.29. The molecule has 0 aliphatic heterocycles. The summed E-state index contributed by atoms with van der Waals surface area (Å²) < 4.78 is 0. The Labute approximate surface area is 99.3 Å². The summed E-state index contributed by atoms with van der Waals surface area (Å²) in [5.74, 6) is 0.745. The smallest absolute Gasteiger partial charge is 0.0352 e. The van der Waals surface area contributed by atoms with Crippen LogP contribution in [0.1, 0.15) is 49.9 Å². The van der Waals surface area contributed by atoms with Crippen molar-refractivity contribution in [2.24, 2.45) is 5.92 Å². The predicted molar refractivity (Wildman–Crippen MR) is 69.7 cm³/mol. The largest absolute Gasteiger partial charge is 0.310 e. The van der Waals surface area contributed by atoms with Crippen LogP contribution in [0.25, 0.3) is 0 Å². The van der Waals surface area contributed by atoms with Gasteiger partial charge in [0.1, 0.15) is 0 Å². The summed E-state index contributed by atoms with van der Waals surface area (Å²) in [7, 11) is 0. The lowest BCUT2D eigenvalue weighted by Gasteiger charge is -2.18. The molecule has 2 rings (SSSR count). The third-order valence-corrected chi connectivity index (χ3v) is 3.73. The zero-order valence-corrected chi connectivity index (χ0v) is 10.7. The van der Waals surface area contributed by atoms with E-state index in [1.54, 1.807) is 16.7 Å². The third-order valence-electron chi connectivity index (χ3n) is 3.73. The monoisotopic (exact) mass is 217 g/mol. The van der Waals surface area contributed by atoms with E-state index in [-0.39, 0.29) is 0 Å². The zero-order valence-electron chi connectivity index (χ0n) is 10.7. The van der Waals surface area contributed by atoms with Gasteiger partial charge < -0.3 is 5.32 Å². The molecule has 0 radical (unpaired) electrons.